The van der Waals surface area contributed by atoms with Crippen molar-refractivity contribution >= 4 is 17.6 Å². The number of nitrogen functional groups attached to an aromatic ring is 1. The lowest BCUT2D eigenvalue weighted by Gasteiger charge is -2.33. The standard InChI is InChI=1S/C12H19N5O2/c1-9(18)14-10-3-2-5-16(7-10)12(19)8-17-6-4-11(13)15-17/h4,6,10H,2-3,5,7-8H2,1H3,(H2,13,15)(H,14,18). The number of rotatable bonds is 3. The molecule has 2 amide bonds. The lowest BCUT2D eigenvalue weighted by molar-refractivity contribution is -0.134. The van der Waals surface area contributed by atoms with E-state index in [2.05, 4.69) is 10.4 Å². The van der Waals surface area contributed by atoms with Crippen molar-refractivity contribution in [3.63, 3.8) is 0 Å². The minimum absolute atomic E-state index is 0.00171. The minimum Gasteiger partial charge on any atom is -0.382 e. The van der Waals surface area contributed by atoms with E-state index in [-0.39, 0.29) is 24.4 Å². The molecule has 1 atom stereocenters. The van der Waals surface area contributed by atoms with Gasteiger partial charge < -0.3 is 16.0 Å². The molecule has 7 nitrogen and oxygen atoms in total. The zero-order valence-electron chi connectivity index (χ0n) is 11.0. The number of hydrogen-bond donors (Lipinski definition) is 2. The number of aromatic nitrogens is 2. The first-order valence-corrected chi connectivity index (χ1v) is 6.38. The first-order chi connectivity index (χ1) is 9.04. The average molecular weight is 265 g/mol. The van der Waals surface area contributed by atoms with Crippen molar-refractivity contribution in [2.75, 3.05) is 18.8 Å². The molecule has 1 aromatic heterocycles. The van der Waals surface area contributed by atoms with Crippen LogP contribution >= 0.6 is 0 Å². The van der Waals surface area contributed by atoms with Crippen LogP contribution in [0, 0.1) is 0 Å². The van der Waals surface area contributed by atoms with Crippen LogP contribution < -0.4 is 11.1 Å². The van der Waals surface area contributed by atoms with Gasteiger partial charge in [-0.05, 0) is 18.9 Å². The average Bonchev–Trinajstić information content (AvgIpc) is 2.74. The molecule has 0 spiro atoms. The highest BCUT2D eigenvalue weighted by Crippen LogP contribution is 2.11. The van der Waals surface area contributed by atoms with Gasteiger partial charge in [-0.1, -0.05) is 0 Å². The van der Waals surface area contributed by atoms with Crippen molar-refractivity contribution in [2.45, 2.75) is 32.4 Å². The maximum atomic E-state index is 12.1. The first-order valence-electron chi connectivity index (χ1n) is 6.38. The Balaban J connectivity index is 1.89. The first kappa shape index (κ1) is 13.4. The van der Waals surface area contributed by atoms with Crippen LogP contribution in [-0.2, 0) is 16.1 Å². The summed E-state index contributed by atoms with van der Waals surface area (Å²) in [6.07, 6.45) is 3.50. The van der Waals surface area contributed by atoms with Crippen molar-refractivity contribution in [3.8, 4) is 0 Å². The lowest BCUT2D eigenvalue weighted by Crippen LogP contribution is -2.49. The predicted molar refractivity (Wildman–Crippen MR) is 70.1 cm³/mol. The number of likely N-dealkylation sites (tertiary alicyclic amines) is 1. The highest BCUT2D eigenvalue weighted by atomic mass is 16.2. The van der Waals surface area contributed by atoms with Gasteiger partial charge in [0.1, 0.15) is 12.4 Å². The van der Waals surface area contributed by atoms with Gasteiger partial charge in [0.2, 0.25) is 11.8 Å². The van der Waals surface area contributed by atoms with Crippen LogP contribution in [0.2, 0.25) is 0 Å². The molecule has 0 radical (unpaired) electrons. The van der Waals surface area contributed by atoms with Gasteiger partial charge in [-0.15, -0.1) is 0 Å². The van der Waals surface area contributed by atoms with Crippen molar-refractivity contribution in [3.05, 3.63) is 12.3 Å². The van der Waals surface area contributed by atoms with E-state index < -0.39 is 0 Å². The Morgan fingerprint density at radius 2 is 2.37 bits per heavy atom. The van der Waals surface area contributed by atoms with Gasteiger partial charge in [0.15, 0.2) is 0 Å². The highest BCUT2D eigenvalue weighted by Gasteiger charge is 2.24. The normalized spacial score (nSPS) is 19.2. The molecule has 2 rings (SSSR count). The van der Waals surface area contributed by atoms with Gasteiger partial charge in [-0.3, -0.25) is 14.3 Å². The lowest BCUT2D eigenvalue weighted by atomic mass is 10.1. The summed E-state index contributed by atoms with van der Waals surface area (Å²) in [6, 6.07) is 1.71. The monoisotopic (exact) mass is 265 g/mol. The van der Waals surface area contributed by atoms with Gasteiger partial charge in [-0.2, -0.15) is 5.10 Å². The molecule has 1 saturated heterocycles. The minimum atomic E-state index is -0.0563. The largest absolute Gasteiger partial charge is 0.382 e. The van der Waals surface area contributed by atoms with Gasteiger partial charge >= 0.3 is 0 Å². The fourth-order valence-electron chi connectivity index (χ4n) is 2.31. The Labute approximate surface area is 111 Å². The molecule has 1 fully saturated rings. The molecule has 3 N–H and O–H groups in total. The van der Waals surface area contributed by atoms with Gasteiger partial charge in [-0.25, -0.2) is 0 Å². The van der Waals surface area contributed by atoms with E-state index in [1.165, 1.54) is 11.6 Å². The van der Waals surface area contributed by atoms with Crippen LogP contribution in [0.4, 0.5) is 5.82 Å². The topological polar surface area (TPSA) is 93.2 Å². The Bertz CT molecular complexity index is 470. The van der Waals surface area contributed by atoms with E-state index in [9.17, 15) is 9.59 Å². The molecule has 0 aromatic carbocycles. The molecule has 0 saturated carbocycles. The van der Waals surface area contributed by atoms with Crippen molar-refractivity contribution in [1.82, 2.24) is 20.0 Å². The Morgan fingerprint density at radius 1 is 1.58 bits per heavy atom. The molecule has 1 aromatic rings. The summed E-state index contributed by atoms with van der Waals surface area (Å²) in [5.41, 5.74) is 5.51. The molecule has 0 bridgehead atoms. The summed E-state index contributed by atoms with van der Waals surface area (Å²) >= 11 is 0. The fraction of sp³-hybridized carbons (Fsp3) is 0.583. The summed E-state index contributed by atoms with van der Waals surface area (Å²) < 4.78 is 1.53. The smallest absolute Gasteiger partial charge is 0.244 e. The molecule has 2 heterocycles. The Kier molecular flexibility index (Phi) is 4.03. The van der Waals surface area contributed by atoms with E-state index in [1.54, 1.807) is 17.2 Å². The number of nitrogens with two attached hydrogens (primary N) is 1. The van der Waals surface area contributed by atoms with E-state index in [1.807, 2.05) is 0 Å². The molecule has 7 heteroatoms. The maximum Gasteiger partial charge on any atom is 0.244 e. The molecule has 1 aliphatic rings. The third kappa shape index (κ3) is 3.70. The molecule has 104 valence electrons. The van der Waals surface area contributed by atoms with E-state index in [0.29, 0.717) is 12.4 Å². The molecule has 1 aliphatic heterocycles. The van der Waals surface area contributed by atoms with Crippen LogP contribution in [0.1, 0.15) is 19.8 Å². The van der Waals surface area contributed by atoms with Crippen LogP contribution in [0.3, 0.4) is 0 Å². The summed E-state index contributed by atoms with van der Waals surface area (Å²) in [6.45, 7) is 2.97. The molecule has 19 heavy (non-hydrogen) atoms. The zero-order chi connectivity index (χ0) is 13.8. The van der Waals surface area contributed by atoms with Crippen molar-refractivity contribution in [2.24, 2.45) is 0 Å². The molecular weight excluding hydrogens is 246 g/mol. The fourth-order valence-corrected chi connectivity index (χ4v) is 2.31. The number of nitrogens with zero attached hydrogens (tertiary/aromatic N) is 3. The van der Waals surface area contributed by atoms with Crippen LogP contribution in [0.15, 0.2) is 12.3 Å². The van der Waals surface area contributed by atoms with Crippen molar-refractivity contribution < 1.29 is 9.59 Å². The quantitative estimate of drug-likeness (QED) is 0.777. The third-order valence-electron chi connectivity index (χ3n) is 3.14. The summed E-state index contributed by atoms with van der Waals surface area (Å²) in [4.78, 5) is 24.9. The van der Waals surface area contributed by atoms with E-state index >= 15 is 0 Å². The third-order valence-corrected chi connectivity index (χ3v) is 3.14. The number of piperidine rings is 1. The van der Waals surface area contributed by atoms with Crippen molar-refractivity contribution in [1.29, 1.82) is 0 Å². The molecule has 1 unspecified atom stereocenters. The number of amides is 2. The summed E-state index contributed by atoms with van der Waals surface area (Å²) in [5, 5.41) is 6.85. The summed E-state index contributed by atoms with van der Waals surface area (Å²) in [7, 11) is 0. The predicted octanol–water partition coefficient (Wildman–Crippen LogP) is -0.408. The highest BCUT2D eigenvalue weighted by molar-refractivity contribution is 5.76. The number of anilines is 1. The maximum absolute atomic E-state index is 12.1. The number of carbonyl (C=O) groups is 2. The second-order valence-electron chi connectivity index (χ2n) is 4.82. The Morgan fingerprint density at radius 3 is 3.00 bits per heavy atom. The van der Waals surface area contributed by atoms with E-state index in [4.69, 9.17) is 5.73 Å². The van der Waals surface area contributed by atoms with E-state index in [0.717, 1.165) is 19.4 Å². The summed E-state index contributed by atoms with van der Waals surface area (Å²) in [5.74, 6) is 0.347. The van der Waals surface area contributed by atoms with Crippen LogP contribution in [0.25, 0.3) is 0 Å². The number of carbonyl (C=O) groups excluding carboxylic acids is 2. The SMILES string of the molecule is CC(=O)NC1CCCN(C(=O)Cn2ccc(N)n2)C1. The van der Waals surface area contributed by atoms with Crippen LogP contribution in [0.5, 0.6) is 0 Å². The zero-order valence-corrected chi connectivity index (χ0v) is 11.0. The molecule has 0 aliphatic carbocycles. The van der Waals surface area contributed by atoms with Crippen LogP contribution in [-0.4, -0.2) is 45.6 Å². The second-order valence-corrected chi connectivity index (χ2v) is 4.82. The number of hydrogen-bond acceptors (Lipinski definition) is 4. The van der Waals surface area contributed by atoms with Gasteiger partial charge in [0, 0.05) is 32.3 Å². The number of nitrogens with one attached hydrogen (secondary N) is 1. The molecular formula is C12H19N5O2. The van der Waals surface area contributed by atoms with Gasteiger partial charge in [0.25, 0.3) is 0 Å². The Hall–Kier alpha value is -2.05. The second kappa shape index (κ2) is 5.73. The van der Waals surface area contributed by atoms with Gasteiger partial charge in [0.05, 0.1) is 0 Å².